The first kappa shape index (κ1) is 21.2. The van der Waals surface area contributed by atoms with Crippen LogP contribution >= 0.6 is 11.6 Å². The van der Waals surface area contributed by atoms with Gasteiger partial charge in [0.2, 0.25) is 15.9 Å². The molecule has 2 aromatic rings. The molecule has 0 saturated heterocycles. The second kappa shape index (κ2) is 9.21. The minimum Gasteiger partial charge on any atom is -0.491 e. The molecule has 146 valence electrons. The van der Waals surface area contributed by atoms with Gasteiger partial charge in [-0.25, -0.2) is 8.42 Å². The molecule has 0 saturated carbocycles. The molecule has 0 heterocycles. The van der Waals surface area contributed by atoms with Crippen LogP contribution in [0.15, 0.2) is 53.4 Å². The van der Waals surface area contributed by atoms with Gasteiger partial charge in [-0.1, -0.05) is 29.8 Å². The van der Waals surface area contributed by atoms with E-state index in [1.54, 1.807) is 6.92 Å². The summed E-state index contributed by atoms with van der Waals surface area (Å²) in [4.78, 5) is 12.3. The molecule has 1 amide bonds. The molecule has 27 heavy (non-hydrogen) atoms. The number of ether oxygens (including phenoxy) is 1. The van der Waals surface area contributed by atoms with Crippen molar-refractivity contribution in [3.8, 4) is 5.75 Å². The molecular weight excluding hydrogens is 388 g/mol. The number of carbonyl (C=O) groups excluding carboxylic acids is 1. The average Bonchev–Trinajstić information content (AvgIpc) is 2.61. The van der Waals surface area contributed by atoms with Gasteiger partial charge >= 0.3 is 0 Å². The number of carbonyl (C=O) groups is 1. The van der Waals surface area contributed by atoms with Gasteiger partial charge in [0.15, 0.2) is 0 Å². The lowest BCUT2D eigenvalue weighted by Gasteiger charge is -2.20. The van der Waals surface area contributed by atoms with Gasteiger partial charge in [-0.3, -0.25) is 4.79 Å². The molecule has 8 heteroatoms. The van der Waals surface area contributed by atoms with Crippen molar-refractivity contribution < 1.29 is 17.9 Å². The van der Waals surface area contributed by atoms with E-state index in [-0.39, 0.29) is 24.1 Å². The maximum Gasteiger partial charge on any atom is 0.243 e. The molecule has 0 aromatic heterocycles. The van der Waals surface area contributed by atoms with E-state index in [1.807, 2.05) is 31.2 Å². The molecule has 0 spiro atoms. The third kappa shape index (κ3) is 5.95. The number of rotatable bonds is 8. The second-order valence-corrected chi connectivity index (χ2v) is 8.74. The van der Waals surface area contributed by atoms with Crippen molar-refractivity contribution in [1.29, 1.82) is 0 Å². The largest absolute Gasteiger partial charge is 0.491 e. The highest BCUT2D eigenvalue weighted by Crippen LogP contribution is 2.18. The Morgan fingerprint density at radius 2 is 1.81 bits per heavy atom. The summed E-state index contributed by atoms with van der Waals surface area (Å²) in [5.41, 5.74) is 1.00. The smallest absolute Gasteiger partial charge is 0.243 e. The maximum atomic E-state index is 12.5. The Morgan fingerprint density at radius 1 is 1.19 bits per heavy atom. The molecule has 2 aromatic carbocycles. The fourth-order valence-corrected chi connectivity index (χ4v) is 3.62. The lowest BCUT2D eigenvalue weighted by atomic mass is 10.2. The van der Waals surface area contributed by atoms with E-state index in [2.05, 4.69) is 5.32 Å². The number of amides is 1. The van der Waals surface area contributed by atoms with Crippen molar-refractivity contribution in [3.63, 3.8) is 0 Å². The normalized spacial score (nSPS) is 12.6. The maximum absolute atomic E-state index is 12.5. The Labute approximate surface area is 165 Å². The second-order valence-electron chi connectivity index (χ2n) is 6.26. The molecule has 0 aliphatic carbocycles. The molecule has 0 aliphatic rings. The quantitative estimate of drug-likeness (QED) is 0.726. The fourth-order valence-electron chi connectivity index (χ4n) is 2.37. The lowest BCUT2D eigenvalue weighted by molar-refractivity contribution is -0.121. The summed E-state index contributed by atoms with van der Waals surface area (Å²) in [5, 5.41) is 3.18. The van der Waals surface area contributed by atoms with Gasteiger partial charge in [0.25, 0.3) is 0 Å². The Bertz CT molecular complexity index is 885. The van der Waals surface area contributed by atoms with Gasteiger partial charge in [-0.15, -0.1) is 0 Å². The molecular formula is C19H23ClN2O4S. The van der Waals surface area contributed by atoms with Gasteiger partial charge in [-0.2, -0.15) is 4.31 Å². The minimum atomic E-state index is -3.76. The first-order chi connectivity index (χ1) is 12.7. The molecule has 0 unspecified atom stereocenters. The van der Waals surface area contributed by atoms with E-state index in [4.69, 9.17) is 16.3 Å². The van der Waals surface area contributed by atoms with Crippen LogP contribution in [-0.2, 0) is 14.8 Å². The minimum absolute atomic E-state index is 0.0816. The van der Waals surface area contributed by atoms with Crippen molar-refractivity contribution in [2.75, 3.05) is 20.2 Å². The van der Waals surface area contributed by atoms with E-state index < -0.39 is 15.9 Å². The number of sulfonamides is 1. The van der Waals surface area contributed by atoms with Crippen molar-refractivity contribution >= 4 is 27.5 Å². The molecule has 2 rings (SSSR count). The highest BCUT2D eigenvalue weighted by atomic mass is 35.5. The molecule has 0 bridgehead atoms. The predicted octanol–water partition coefficient (Wildman–Crippen LogP) is 2.85. The van der Waals surface area contributed by atoms with Crippen LogP contribution in [0.2, 0.25) is 5.02 Å². The highest BCUT2D eigenvalue weighted by molar-refractivity contribution is 7.89. The van der Waals surface area contributed by atoms with Crippen molar-refractivity contribution in [2.24, 2.45) is 0 Å². The summed E-state index contributed by atoms with van der Waals surface area (Å²) in [7, 11) is -2.41. The highest BCUT2D eigenvalue weighted by Gasteiger charge is 2.23. The zero-order valence-electron chi connectivity index (χ0n) is 15.5. The number of halogens is 1. The Morgan fingerprint density at radius 3 is 2.44 bits per heavy atom. The zero-order chi connectivity index (χ0) is 20.0. The summed E-state index contributed by atoms with van der Waals surface area (Å²) in [6, 6.07) is 13.1. The number of benzene rings is 2. The van der Waals surface area contributed by atoms with Gasteiger partial charge in [0.1, 0.15) is 12.4 Å². The molecule has 6 nitrogen and oxygen atoms in total. The van der Waals surface area contributed by atoms with Crippen LogP contribution in [0, 0.1) is 6.92 Å². The van der Waals surface area contributed by atoms with E-state index in [0.29, 0.717) is 5.02 Å². The van der Waals surface area contributed by atoms with Crippen molar-refractivity contribution in [1.82, 2.24) is 9.62 Å². The molecule has 0 fully saturated rings. The summed E-state index contributed by atoms with van der Waals surface area (Å²) >= 11 is 5.78. The third-order valence-corrected chi connectivity index (χ3v) is 5.95. The van der Waals surface area contributed by atoms with Crippen LogP contribution in [0.1, 0.15) is 12.5 Å². The first-order valence-corrected chi connectivity index (χ1v) is 10.2. The Kier molecular flexibility index (Phi) is 7.24. The number of nitrogens with one attached hydrogen (secondary N) is 1. The van der Waals surface area contributed by atoms with E-state index >= 15 is 0 Å². The number of hydrogen-bond acceptors (Lipinski definition) is 4. The average molecular weight is 411 g/mol. The van der Waals surface area contributed by atoms with Gasteiger partial charge in [0, 0.05) is 12.1 Å². The van der Waals surface area contributed by atoms with Crippen LogP contribution in [0.25, 0.3) is 0 Å². The third-order valence-electron chi connectivity index (χ3n) is 3.88. The van der Waals surface area contributed by atoms with E-state index in [9.17, 15) is 13.2 Å². The number of nitrogens with zero attached hydrogens (tertiary/aromatic N) is 1. The Balaban J connectivity index is 1.88. The summed E-state index contributed by atoms with van der Waals surface area (Å²) in [6.45, 7) is 3.73. The zero-order valence-corrected chi connectivity index (χ0v) is 17.0. The number of likely N-dealkylation sites (N-methyl/N-ethyl adjacent to an activating group) is 1. The summed E-state index contributed by atoms with van der Waals surface area (Å²) < 4.78 is 31.7. The summed E-state index contributed by atoms with van der Waals surface area (Å²) in [6.07, 6.45) is 0. The van der Waals surface area contributed by atoms with Crippen molar-refractivity contribution in [2.45, 2.75) is 24.8 Å². The molecule has 1 atom stereocenters. The monoisotopic (exact) mass is 410 g/mol. The van der Waals surface area contributed by atoms with Crippen LogP contribution in [0.5, 0.6) is 5.75 Å². The van der Waals surface area contributed by atoms with Crippen LogP contribution < -0.4 is 10.1 Å². The van der Waals surface area contributed by atoms with E-state index in [1.165, 1.54) is 31.3 Å². The standard InChI is InChI=1S/C19H23ClN2O4S/c1-14-6-4-5-7-18(14)26-13-15(2)21-19(23)12-22(3)27(24,25)17-10-8-16(20)9-11-17/h4-11,15H,12-13H2,1-3H3,(H,21,23)/t15-/m1/s1. The predicted molar refractivity (Wildman–Crippen MR) is 106 cm³/mol. The van der Waals surface area contributed by atoms with Gasteiger partial charge in [-0.05, 0) is 49.7 Å². The summed E-state index contributed by atoms with van der Waals surface area (Å²) in [5.74, 6) is 0.344. The Hall–Kier alpha value is -2.09. The van der Waals surface area contributed by atoms with Gasteiger partial charge < -0.3 is 10.1 Å². The van der Waals surface area contributed by atoms with Crippen molar-refractivity contribution in [3.05, 3.63) is 59.1 Å². The molecule has 1 N–H and O–H groups in total. The lowest BCUT2D eigenvalue weighted by Crippen LogP contribution is -2.43. The number of aryl methyl sites for hydroxylation is 1. The number of para-hydroxylation sites is 1. The first-order valence-electron chi connectivity index (χ1n) is 8.40. The van der Waals surface area contributed by atoms with E-state index in [0.717, 1.165) is 15.6 Å². The molecule has 0 radical (unpaired) electrons. The molecule has 0 aliphatic heterocycles. The topological polar surface area (TPSA) is 75.7 Å². The van der Waals surface area contributed by atoms with Gasteiger partial charge in [0.05, 0.1) is 17.5 Å². The SMILES string of the molecule is Cc1ccccc1OC[C@@H](C)NC(=O)CN(C)S(=O)(=O)c1ccc(Cl)cc1. The van der Waals surface area contributed by atoms with Crippen LogP contribution in [0.3, 0.4) is 0 Å². The fraction of sp³-hybridized carbons (Fsp3) is 0.316. The number of hydrogen-bond donors (Lipinski definition) is 1. The van der Waals surface area contributed by atoms with Crippen LogP contribution in [0.4, 0.5) is 0 Å². The van der Waals surface area contributed by atoms with Crippen LogP contribution in [-0.4, -0.2) is 44.9 Å².